The van der Waals surface area contributed by atoms with E-state index < -0.39 is 17.7 Å². The van der Waals surface area contributed by atoms with Gasteiger partial charge in [0, 0.05) is 18.2 Å². The van der Waals surface area contributed by atoms with Crippen molar-refractivity contribution in [3.8, 4) is 17.2 Å². The second-order valence-electron chi connectivity index (χ2n) is 8.29. The molecular formula is C29H29NO6. The molecule has 1 atom stereocenters. The van der Waals surface area contributed by atoms with Crippen molar-refractivity contribution in [1.29, 1.82) is 0 Å². The monoisotopic (exact) mass is 487 g/mol. The molecule has 0 radical (unpaired) electrons. The number of ether oxygens (including phenoxy) is 3. The Morgan fingerprint density at radius 3 is 2.39 bits per heavy atom. The molecule has 1 aliphatic rings. The molecule has 1 unspecified atom stereocenters. The molecule has 1 N–H and O–H groups in total. The second-order valence-corrected chi connectivity index (χ2v) is 8.29. The molecule has 3 aromatic carbocycles. The summed E-state index contributed by atoms with van der Waals surface area (Å²) in [5.74, 6) is 0.0554. The lowest BCUT2D eigenvalue weighted by atomic mass is 9.92. The van der Waals surface area contributed by atoms with Crippen LogP contribution >= 0.6 is 0 Å². The van der Waals surface area contributed by atoms with Crippen LogP contribution in [0.3, 0.4) is 0 Å². The predicted molar refractivity (Wildman–Crippen MR) is 137 cm³/mol. The van der Waals surface area contributed by atoms with Gasteiger partial charge in [-0.05, 0) is 48.7 Å². The van der Waals surface area contributed by atoms with Gasteiger partial charge in [-0.1, -0.05) is 42.5 Å². The Kier molecular flexibility index (Phi) is 7.59. The Morgan fingerprint density at radius 1 is 0.944 bits per heavy atom. The Morgan fingerprint density at radius 2 is 1.69 bits per heavy atom. The van der Waals surface area contributed by atoms with Gasteiger partial charge in [0.15, 0.2) is 23.0 Å². The van der Waals surface area contributed by atoms with Gasteiger partial charge in [0.05, 0.1) is 32.4 Å². The number of benzene rings is 3. The van der Waals surface area contributed by atoms with Crippen LogP contribution < -0.4 is 19.1 Å². The quantitative estimate of drug-likeness (QED) is 0.423. The van der Waals surface area contributed by atoms with Crippen molar-refractivity contribution in [2.24, 2.45) is 0 Å². The number of nitrogens with zero attached hydrogens (tertiary/aromatic N) is 1. The number of hydrogen-bond donors (Lipinski definition) is 1. The maximum absolute atomic E-state index is 13.5. The topological polar surface area (TPSA) is 85.3 Å². The highest BCUT2D eigenvalue weighted by Crippen LogP contribution is 2.44. The van der Waals surface area contributed by atoms with Gasteiger partial charge in [0.25, 0.3) is 5.91 Å². The molecule has 0 saturated carbocycles. The van der Waals surface area contributed by atoms with E-state index >= 15 is 0 Å². The first-order chi connectivity index (χ1) is 17.5. The molecule has 3 aromatic rings. The van der Waals surface area contributed by atoms with Crippen LogP contribution in [0.15, 0.2) is 84.1 Å². The number of rotatable bonds is 10. The van der Waals surface area contributed by atoms with E-state index in [0.717, 1.165) is 5.56 Å². The number of carbonyl (C=O) groups excluding carboxylic acids is 2. The Balaban J connectivity index is 1.78. The second kappa shape index (κ2) is 11.0. The van der Waals surface area contributed by atoms with Crippen LogP contribution in [0, 0.1) is 0 Å². The summed E-state index contributed by atoms with van der Waals surface area (Å²) in [7, 11) is 3.05. The van der Waals surface area contributed by atoms with Crippen LogP contribution in [0.4, 0.5) is 5.69 Å². The molecule has 186 valence electrons. The van der Waals surface area contributed by atoms with E-state index in [1.165, 1.54) is 19.1 Å². The molecule has 1 aliphatic heterocycles. The third-order valence-electron chi connectivity index (χ3n) is 6.12. The zero-order valence-electron chi connectivity index (χ0n) is 20.6. The number of carbonyl (C=O) groups is 2. The van der Waals surface area contributed by atoms with E-state index in [2.05, 4.69) is 0 Å². The van der Waals surface area contributed by atoms with Crippen LogP contribution in [0.25, 0.3) is 0 Å². The van der Waals surface area contributed by atoms with Gasteiger partial charge in [0.2, 0.25) is 0 Å². The summed E-state index contributed by atoms with van der Waals surface area (Å²) in [5, 5.41) is 11.0. The van der Waals surface area contributed by atoms with Crippen molar-refractivity contribution in [3.63, 3.8) is 0 Å². The molecule has 7 heteroatoms. The fourth-order valence-electron chi connectivity index (χ4n) is 4.42. The van der Waals surface area contributed by atoms with Gasteiger partial charge in [-0.3, -0.25) is 14.5 Å². The van der Waals surface area contributed by atoms with Crippen LogP contribution in [-0.4, -0.2) is 37.6 Å². The normalized spacial score (nSPS) is 15.2. The Bertz CT molecular complexity index is 1280. The predicted octanol–water partition coefficient (Wildman–Crippen LogP) is 5.20. The fraction of sp³-hybridized carbons (Fsp3) is 0.241. The smallest absolute Gasteiger partial charge is 0.294 e. The van der Waals surface area contributed by atoms with Gasteiger partial charge >= 0.3 is 0 Å². The SMILES string of the molecule is CCOc1cccc(N2C(=O)C(O)=C(C(=O)CCc3ccccc3)C2c2ccc(OC)c(OC)c2)c1. The van der Waals surface area contributed by atoms with E-state index in [0.29, 0.717) is 41.5 Å². The lowest BCUT2D eigenvalue weighted by Crippen LogP contribution is -2.31. The van der Waals surface area contributed by atoms with Crippen LogP contribution in [0.5, 0.6) is 17.2 Å². The van der Waals surface area contributed by atoms with E-state index in [4.69, 9.17) is 14.2 Å². The number of amides is 1. The first kappa shape index (κ1) is 24.9. The van der Waals surface area contributed by atoms with Gasteiger partial charge in [0.1, 0.15) is 5.75 Å². The molecule has 1 amide bonds. The minimum Gasteiger partial charge on any atom is -0.503 e. The highest BCUT2D eigenvalue weighted by molar-refractivity contribution is 6.16. The molecule has 0 aliphatic carbocycles. The van der Waals surface area contributed by atoms with E-state index in [-0.39, 0.29) is 17.8 Å². The number of ketones is 1. The number of aliphatic hydroxyl groups excluding tert-OH is 1. The summed E-state index contributed by atoms with van der Waals surface area (Å²) >= 11 is 0. The average molecular weight is 488 g/mol. The Hall–Kier alpha value is -4.26. The summed E-state index contributed by atoms with van der Waals surface area (Å²) in [6.07, 6.45) is 0.635. The molecule has 7 nitrogen and oxygen atoms in total. The first-order valence-corrected chi connectivity index (χ1v) is 11.8. The lowest BCUT2D eigenvalue weighted by molar-refractivity contribution is -0.118. The molecule has 0 saturated heterocycles. The maximum atomic E-state index is 13.5. The molecule has 0 bridgehead atoms. The maximum Gasteiger partial charge on any atom is 0.294 e. The van der Waals surface area contributed by atoms with Gasteiger partial charge in [-0.25, -0.2) is 0 Å². The van der Waals surface area contributed by atoms with Crippen molar-refractivity contribution < 1.29 is 28.9 Å². The zero-order valence-corrected chi connectivity index (χ0v) is 20.6. The van der Waals surface area contributed by atoms with Crippen molar-refractivity contribution in [2.75, 3.05) is 25.7 Å². The summed E-state index contributed by atoms with van der Waals surface area (Å²) in [5.41, 5.74) is 2.17. The number of aliphatic hydroxyl groups is 1. The van der Waals surface area contributed by atoms with Gasteiger partial charge in [-0.2, -0.15) is 0 Å². The molecular weight excluding hydrogens is 458 g/mol. The summed E-state index contributed by atoms with van der Waals surface area (Å²) in [6.45, 7) is 2.33. The van der Waals surface area contributed by atoms with Crippen LogP contribution in [0.2, 0.25) is 0 Å². The number of methoxy groups -OCH3 is 2. The number of aryl methyl sites for hydroxylation is 1. The highest BCUT2D eigenvalue weighted by Gasteiger charge is 2.44. The van der Waals surface area contributed by atoms with Crippen LogP contribution in [-0.2, 0) is 16.0 Å². The first-order valence-electron chi connectivity index (χ1n) is 11.8. The van der Waals surface area contributed by atoms with Crippen molar-refractivity contribution in [2.45, 2.75) is 25.8 Å². The number of Topliss-reactive ketones (excluding diaryl/α,β-unsaturated/α-hetero) is 1. The van der Waals surface area contributed by atoms with Crippen molar-refractivity contribution in [1.82, 2.24) is 0 Å². The lowest BCUT2D eigenvalue weighted by Gasteiger charge is -2.27. The zero-order chi connectivity index (χ0) is 25.7. The van der Waals surface area contributed by atoms with Gasteiger partial charge in [-0.15, -0.1) is 0 Å². The third-order valence-corrected chi connectivity index (χ3v) is 6.12. The summed E-state index contributed by atoms with van der Waals surface area (Å²) in [6, 6.07) is 21.0. The number of anilines is 1. The molecule has 36 heavy (non-hydrogen) atoms. The number of hydrogen-bond acceptors (Lipinski definition) is 6. The van der Waals surface area contributed by atoms with E-state index in [1.54, 1.807) is 42.5 Å². The van der Waals surface area contributed by atoms with Crippen molar-refractivity contribution >= 4 is 17.4 Å². The third kappa shape index (κ3) is 4.91. The Labute approximate surface area is 210 Å². The standard InChI is InChI=1S/C29H29NO6/c1-4-36-22-12-8-11-21(18-22)30-27(20-14-16-24(34-2)25(17-20)35-3)26(28(32)29(30)33)23(31)15-13-19-9-6-5-7-10-19/h5-12,14,16-18,27,32H,4,13,15H2,1-3H3. The highest BCUT2D eigenvalue weighted by atomic mass is 16.5. The van der Waals surface area contributed by atoms with E-state index in [9.17, 15) is 14.7 Å². The largest absolute Gasteiger partial charge is 0.503 e. The fourth-order valence-corrected chi connectivity index (χ4v) is 4.42. The molecule has 0 aromatic heterocycles. The minimum absolute atomic E-state index is 0.0602. The van der Waals surface area contributed by atoms with E-state index in [1.807, 2.05) is 37.3 Å². The molecule has 0 spiro atoms. The minimum atomic E-state index is -0.850. The summed E-state index contributed by atoms with van der Waals surface area (Å²) in [4.78, 5) is 28.3. The summed E-state index contributed by atoms with van der Waals surface area (Å²) < 4.78 is 16.5. The van der Waals surface area contributed by atoms with Crippen molar-refractivity contribution in [3.05, 3.63) is 95.3 Å². The average Bonchev–Trinajstić information content (AvgIpc) is 3.18. The van der Waals surface area contributed by atoms with Gasteiger partial charge < -0.3 is 19.3 Å². The molecule has 1 heterocycles. The van der Waals surface area contributed by atoms with Crippen LogP contribution in [0.1, 0.15) is 30.5 Å². The molecule has 0 fully saturated rings. The molecule has 4 rings (SSSR count).